The zero-order chi connectivity index (χ0) is 21.2. The number of alkyl halides is 2. The van der Waals surface area contributed by atoms with Crippen LogP contribution in [0.25, 0.3) is 16.7 Å². The number of aryl methyl sites for hydroxylation is 1. The number of nitrogens with zero attached hydrogens (tertiary/aromatic N) is 4. The average Bonchev–Trinajstić information content (AvgIpc) is 3.03. The second-order valence-corrected chi connectivity index (χ2v) is 6.96. The Balaban J connectivity index is 2.21. The predicted molar refractivity (Wildman–Crippen MR) is 107 cm³/mol. The molecule has 3 rings (SSSR count). The minimum absolute atomic E-state index is 0.00601. The van der Waals surface area contributed by atoms with Crippen LogP contribution < -0.4 is 11.1 Å². The van der Waals surface area contributed by atoms with Crippen LogP contribution in [-0.2, 0) is 23.6 Å². The molecule has 0 aromatic carbocycles. The van der Waals surface area contributed by atoms with E-state index >= 15 is 0 Å². The molecule has 0 saturated carbocycles. The lowest BCUT2D eigenvalue weighted by Crippen LogP contribution is -2.17. The number of fused-ring (bicyclic) bond motifs is 1. The van der Waals surface area contributed by atoms with Crippen molar-refractivity contribution in [3.05, 3.63) is 41.6 Å². The van der Waals surface area contributed by atoms with E-state index in [-0.39, 0.29) is 6.42 Å². The van der Waals surface area contributed by atoms with Crippen molar-refractivity contribution < 1.29 is 13.6 Å². The predicted octanol–water partition coefficient (Wildman–Crippen LogP) is 3.34. The second-order valence-electron chi connectivity index (χ2n) is 6.96. The number of halogens is 2. The minimum Gasteiger partial charge on any atom is -0.370 e. The zero-order valence-corrected chi connectivity index (χ0v) is 16.7. The Morgan fingerprint density at radius 2 is 2.03 bits per heavy atom. The molecule has 9 heteroatoms. The molecule has 0 atom stereocenters. The number of nitrogens with one attached hydrogen (secondary N) is 1. The lowest BCUT2D eigenvalue weighted by Gasteiger charge is -2.14. The molecule has 0 saturated heterocycles. The molecule has 29 heavy (non-hydrogen) atoms. The topological polar surface area (TPSA) is 98.7 Å². The van der Waals surface area contributed by atoms with Crippen molar-refractivity contribution in [2.75, 3.05) is 11.9 Å². The van der Waals surface area contributed by atoms with Crippen molar-refractivity contribution in [2.24, 2.45) is 5.73 Å². The number of aromatic nitrogens is 4. The maximum Gasteiger partial charge on any atom is 0.303 e. The molecule has 0 aliphatic carbocycles. The summed E-state index contributed by atoms with van der Waals surface area (Å²) in [6, 6.07) is 3.38. The summed E-state index contributed by atoms with van der Waals surface area (Å²) in [6.07, 6.45) is 5.07. The van der Waals surface area contributed by atoms with Crippen molar-refractivity contribution in [3.63, 3.8) is 0 Å². The lowest BCUT2D eigenvalue weighted by molar-refractivity contribution is -0.117. The Bertz CT molecular complexity index is 1040. The first-order chi connectivity index (χ1) is 13.7. The molecule has 0 aliphatic rings. The van der Waals surface area contributed by atoms with E-state index in [9.17, 15) is 13.6 Å². The van der Waals surface area contributed by atoms with Crippen molar-refractivity contribution in [2.45, 2.75) is 46.0 Å². The van der Waals surface area contributed by atoms with Crippen molar-refractivity contribution in [1.82, 2.24) is 19.5 Å². The maximum absolute atomic E-state index is 14.0. The highest BCUT2D eigenvalue weighted by atomic mass is 19.3. The van der Waals surface area contributed by atoms with Crippen LogP contribution in [0.2, 0.25) is 0 Å². The first kappa shape index (κ1) is 20.6. The number of carbonyl (C=O) groups excluding carboxylic acids is 1. The van der Waals surface area contributed by atoms with Gasteiger partial charge in [-0.25, -0.2) is 9.97 Å². The summed E-state index contributed by atoms with van der Waals surface area (Å²) in [6.45, 7) is 5.35. The van der Waals surface area contributed by atoms with Gasteiger partial charge in [0.25, 0.3) is 0 Å². The summed E-state index contributed by atoms with van der Waals surface area (Å²) in [5.41, 5.74) is 7.50. The standard InChI is InChI=1S/C20H24F2N6O/c1-4-6-24-17-9-18(27-19(26-17)20(3,21)22)28-11-12(5-2)14-10-25-13(7-15(14)28)8-16(23)29/h7,9-11H,4-6,8H2,1-3H3,(H2,23,29)(H,24,26,27). The van der Waals surface area contributed by atoms with Crippen LogP contribution >= 0.6 is 0 Å². The van der Waals surface area contributed by atoms with Crippen molar-refractivity contribution in [1.29, 1.82) is 0 Å². The van der Waals surface area contributed by atoms with Gasteiger partial charge in [-0.15, -0.1) is 0 Å². The van der Waals surface area contributed by atoms with E-state index in [0.29, 0.717) is 23.9 Å². The number of amides is 1. The quantitative estimate of drug-likeness (QED) is 0.602. The van der Waals surface area contributed by atoms with Crippen LogP contribution in [-0.4, -0.2) is 32.0 Å². The number of hydrogen-bond acceptors (Lipinski definition) is 5. The molecular weight excluding hydrogens is 378 g/mol. The Morgan fingerprint density at radius 1 is 1.28 bits per heavy atom. The summed E-state index contributed by atoms with van der Waals surface area (Å²) < 4.78 is 29.8. The van der Waals surface area contributed by atoms with Gasteiger partial charge in [0.15, 0.2) is 0 Å². The van der Waals surface area contributed by atoms with Crippen LogP contribution in [0.4, 0.5) is 14.6 Å². The number of primary amides is 1. The van der Waals surface area contributed by atoms with Gasteiger partial charge < -0.3 is 15.6 Å². The molecule has 0 aliphatic heterocycles. The number of hydrogen-bond donors (Lipinski definition) is 2. The third-order valence-electron chi connectivity index (χ3n) is 4.47. The number of carbonyl (C=O) groups is 1. The van der Waals surface area contributed by atoms with Crippen LogP contribution in [0.15, 0.2) is 24.5 Å². The molecule has 1 amide bonds. The fraction of sp³-hybridized carbons (Fsp3) is 0.400. The Morgan fingerprint density at radius 3 is 2.66 bits per heavy atom. The van der Waals surface area contributed by atoms with Gasteiger partial charge in [0.1, 0.15) is 11.6 Å². The molecule has 3 aromatic heterocycles. The molecule has 0 bridgehead atoms. The van der Waals surface area contributed by atoms with Gasteiger partial charge in [0.05, 0.1) is 17.6 Å². The van der Waals surface area contributed by atoms with Crippen LogP contribution in [0.5, 0.6) is 0 Å². The van der Waals surface area contributed by atoms with E-state index in [1.807, 2.05) is 20.0 Å². The van der Waals surface area contributed by atoms with E-state index in [2.05, 4.69) is 20.3 Å². The summed E-state index contributed by atoms with van der Waals surface area (Å²) in [5.74, 6) is -3.59. The summed E-state index contributed by atoms with van der Waals surface area (Å²) in [7, 11) is 0. The zero-order valence-electron chi connectivity index (χ0n) is 16.7. The largest absolute Gasteiger partial charge is 0.370 e. The first-order valence-electron chi connectivity index (χ1n) is 9.51. The smallest absolute Gasteiger partial charge is 0.303 e. The molecule has 0 spiro atoms. The normalized spacial score (nSPS) is 11.8. The van der Waals surface area contributed by atoms with E-state index in [0.717, 1.165) is 36.2 Å². The summed E-state index contributed by atoms with van der Waals surface area (Å²) >= 11 is 0. The fourth-order valence-electron chi connectivity index (χ4n) is 3.07. The van der Waals surface area contributed by atoms with E-state index < -0.39 is 17.7 Å². The average molecular weight is 402 g/mol. The van der Waals surface area contributed by atoms with Crippen LogP contribution in [0.3, 0.4) is 0 Å². The maximum atomic E-state index is 14.0. The fourth-order valence-corrected chi connectivity index (χ4v) is 3.07. The van der Waals surface area contributed by atoms with Gasteiger partial charge in [-0.2, -0.15) is 8.78 Å². The highest BCUT2D eigenvalue weighted by Crippen LogP contribution is 2.29. The highest BCUT2D eigenvalue weighted by Gasteiger charge is 2.29. The van der Waals surface area contributed by atoms with Gasteiger partial charge in [-0.1, -0.05) is 13.8 Å². The minimum atomic E-state index is -3.19. The van der Waals surface area contributed by atoms with E-state index in [1.54, 1.807) is 22.9 Å². The Hall–Kier alpha value is -3.10. The van der Waals surface area contributed by atoms with Crippen LogP contribution in [0.1, 0.15) is 44.3 Å². The molecule has 0 fully saturated rings. The molecule has 3 heterocycles. The van der Waals surface area contributed by atoms with Gasteiger partial charge in [0.2, 0.25) is 11.7 Å². The summed E-state index contributed by atoms with van der Waals surface area (Å²) in [5, 5.41) is 3.92. The molecule has 3 aromatic rings. The van der Waals surface area contributed by atoms with Gasteiger partial charge in [-0.3, -0.25) is 9.78 Å². The van der Waals surface area contributed by atoms with Gasteiger partial charge >= 0.3 is 5.92 Å². The number of rotatable bonds is 8. The Kier molecular flexibility index (Phi) is 5.76. The van der Waals surface area contributed by atoms with Gasteiger partial charge in [0, 0.05) is 37.3 Å². The molecule has 7 nitrogen and oxygen atoms in total. The van der Waals surface area contributed by atoms with Crippen LogP contribution in [0, 0.1) is 0 Å². The molecule has 0 radical (unpaired) electrons. The Labute approximate surface area is 167 Å². The van der Waals surface area contributed by atoms with E-state index in [4.69, 9.17) is 5.73 Å². The number of pyridine rings is 1. The third kappa shape index (κ3) is 4.49. The second kappa shape index (κ2) is 8.10. The molecular formula is C20H24F2N6O. The SMILES string of the molecule is CCCNc1cc(-n2cc(CC)c3cnc(CC(N)=O)cc32)nc(C(C)(F)F)n1. The van der Waals surface area contributed by atoms with E-state index in [1.165, 1.54) is 0 Å². The van der Waals surface area contributed by atoms with Crippen molar-refractivity contribution >= 4 is 22.6 Å². The molecule has 154 valence electrons. The van der Waals surface area contributed by atoms with Gasteiger partial charge in [-0.05, 0) is 24.5 Å². The molecule has 3 N–H and O–H groups in total. The third-order valence-corrected chi connectivity index (χ3v) is 4.47. The molecule has 0 unspecified atom stereocenters. The summed E-state index contributed by atoms with van der Waals surface area (Å²) in [4.78, 5) is 23.7. The number of anilines is 1. The number of nitrogens with two attached hydrogens (primary N) is 1. The highest BCUT2D eigenvalue weighted by molar-refractivity contribution is 5.86. The lowest BCUT2D eigenvalue weighted by atomic mass is 10.1. The monoisotopic (exact) mass is 402 g/mol. The van der Waals surface area contributed by atoms with Crippen molar-refractivity contribution in [3.8, 4) is 5.82 Å². The first-order valence-corrected chi connectivity index (χ1v) is 9.51.